The van der Waals surface area contributed by atoms with Gasteiger partial charge in [0, 0.05) is 11.8 Å². The van der Waals surface area contributed by atoms with Crippen molar-refractivity contribution in [2.75, 3.05) is 0 Å². The van der Waals surface area contributed by atoms with Gasteiger partial charge < -0.3 is 10.2 Å². The molecule has 3 nitrogen and oxygen atoms in total. The van der Waals surface area contributed by atoms with Gasteiger partial charge in [-0.25, -0.2) is 0 Å². The molecule has 2 aromatic rings. The van der Waals surface area contributed by atoms with Crippen LogP contribution in [0.25, 0.3) is 0 Å². The smallest absolute Gasteiger partial charge is 0.169 e. The van der Waals surface area contributed by atoms with Crippen molar-refractivity contribution in [1.29, 1.82) is 0 Å². The van der Waals surface area contributed by atoms with Crippen molar-refractivity contribution in [2.45, 2.75) is 50.0 Å². The molecule has 0 bridgehead atoms. The minimum atomic E-state index is -1.38. The third-order valence-electron chi connectivity index (χ3n) is 6.53. The molecule has 0 radical (unpaired) electrons. The minimum Gasteiger partial charge on any atom is -0.508 e. The van der Waals surface area contributed by atoms with Crippen LogP contribution in [0.1, 0.15) is 49.3 Å². The molecule has 2 aliphatic carbocycles. The van der Waals surface area contributed by atoms with Crippen molar-refractivity contribution in [3.63, 3.8) is 0 Å². The zero-order valence-corrected chi connectivity index (χ0v) is 14.5. The molecule has 2 aromatic carbocycles. The Morgan fingerprint density at radius 1 is 1.16 bits per heavy atom. The number of aromatic hydroxyl groups is 1. The topological polar surface area (TPSA) is 57.5 Å². The van der Waals surface area contributed by atoms with Gasteiger partial charge in [-0.15, -0.1) is 0 Å². The second kappa shape index (κ2) is 5.70. The zero-order valence-electron chi connectivity index (χ0n) is 14.5. The summed E-state index contributed by atoms with van der Waals surface area (Å²) in [5, 5.41) is 21.1. The monoisotopic (exact) mass is 336 g/mol. The number of hydrogen-bond acceptors (Lipinski definition) is 3. The molecule has 3 heteroatoms. The first-order valence-electron chi connectivity index (χ1n) is 9.13. The Balaban J connectivity index is 1.79. The first-order chi connectivity index (χ1) is 12.0. The third kappa shape index (κ3) is 2.33. The summed E-state index contributed by atoms with van der Waals surface area (Å²) in [6.07, 6.45) is 3.52. The molecule has 3 unspecified atom stereocenters. The molecule has 130 valence electrons. The molecular weight excluding hydrogens is 312 g/mol. The normalized spacial score (nSPS) is 31.3. The average molecular weight is 336 g/mol. The Bertz CT molecular complexity index is 813. The summed E-state index contributed by atoms with van der Waals surface area (Å²) >= 11 is 0. The summed E-state index contributed by atoms with van der Waals surface area (Å²) in [4.78, 5) is 13.1. The Hall–Kier alpha value is -2.13. The highest BCUT2D eigenvalue weighted by Gasteiger charge is 2.55. The van der Waals surface area contributed by atoms with Crippen LogP contribution in [-0.4, -0.2) is 16.0 Å². The second-order valence-corrected chi connectivity index (χ2v) is 7.62. The summed E-state index contributed by atoms with van der Waals surface area (Å²) in [5.74, 6) is 0.460. The molecule has 0 amide bonds. The lowest BCUT2D eigenvalue weighted by Crippen LogP contribution is -2.53. The molecule has 3 atom stereocenters. The predicted octanol–water partition coefficient (Wildman–Crippen LogP) is 3.85. The van der Waals surface area contributed by atoms with Crippen LogP contribution in [0.5, 0.6) is 5.75 Å². The number of benzene rings is 2. The maximum atomic E-state index is 13.1. The zero-order chi connectivity index (χ0) is 17.7. The predicted molar refractivity (Wildman–Crippen MR) is 96.5 cm³/mol. The van der Waals surface area contributed by atoms with Gasteiger partial charge in [-0.05, 0) is 60.4 Å². The van der Waals surface area contributed by atoms with Gasteiger partial charge in [0.05, 0.1) is 0 Å². The maximum absolute atomic E-state index is 13.1. The van der Waals surface area contributed by atoms with E-state index in [9.17, 15) is 15.0 Å². The van der Waals surface area contributed by atoms with Gasteiger partial charge in [0.25, 0.3) is 0 Å². The number of carbonyl (C=O) groups excluding carboxylic acids is 1. The SMILES string of the molecule is CCC12CC(=O)C(O)(c3ccccc3)CC1CCc1cc(O)ccc12. The molecule has 4 rings (SSSR count). The number of aliphatic hydroxyl groups is 1. The first-order valence-corrected chi connectivity index (χ1v) is 9.13. The van der Waals surface area contributed by atoms with Crippen molar-refractivity contribution in [1.82, 2.24) is 0 Å². The molecule has 2 aliphatic rings. The number of ketones is 1. The summed E-state index contributed by atoms with van der Waals surface area (Å²) in [6, 6.07) is 14.9. The van der Waals surface area contributed by atoms with Crippen molar-refractivity contribution in [3.8, 4) is 5.75 Å². The highest BCUT2D eigenvalue weighted by molar-refractivity contribution is 5.90. The Morgan fingerprint density at radius 3 is 2.64 bits per heavy atom. The molecule has 0 heterocycles. The van der Waals surface area contributed by atoms with Gasteiger partial charge in [-0.1, -0.05) is 43.3 Å². The van der Waals surface area contributed by atoms with Crippen LogP contribution in [0.2, 0.25) is 0 Å². The van der Waals surface area contributed by atoms with Gasteiger partial charge in [0.15, 0.2) is 5.78 Å². The van der Waals surface area contributed by atoms with Crippen LogP contribution in [0.4, 0.5) is 0 Å². The fourth-order valence-corrected chi connectivity index (χ4v) is 5.14. The van der Waals surface area contributed by atoms with Gasteiger partial charge >= 0.3 is 0 Å². The first kappa shape index (κ1) is 16.3. The molecule has 1 saturated carbocycles. The van der Waals surface area contributed by atoms with E-state index in [1.807, 2.05) is 42.5 Å². The van der Waals surface area contributed by atoms with E-state index >= 15 is 0 Å². The largest absolute Gasteiger partial charge is 0.508 e. The number of fused-ring (bicyclic) bond motifs is 3. The fourth-order valence-electron chi connectivity index (χ4n) is 5.14. The molecule has 0 aromatic heterocycles. The van der Waals surface area contributed by atoms with Crippen LogP contribution in [0.3, 0.4) is 0 Å². The minimum absolute atomic E-state index is 0.0854. The maximum Gasteiger partial charge on any atom is 0.169 e. The lowest BCUT2D eigenvalue weighted by Gasteiger charge is -2.52. The Labute approximate surface area is 148 Å². The van der Waals surface area contributed by atoms with E-state index in [0.717, 1.165) is 24.8 Å². The fraction of sp³-hybridized carbons (Fsp3) is 0.409. The molecule has 0 aliphatic heterocycles. The number of Topliss-reactive ketones (excluding diaryl/α,β-unsaturated/α-hetero) is 1. The second-order valence-electron chi connectivity index (χ2n) is 7.62. The van der Waals surface area contributed by atoms with E-state index in [2.05, 4.69) is 6.92 Å². The van der Waals surface area contributed by atoms with Gasteiger partial charge in [0.1, 0.15) is 11.4 Å². The van der Waals surface area contributed by atoms with E-state index < -0.39 is 5.60 Å². The third-order valence-corrected chi connectivity index (χ3v) is 6.53. The molecule has 2 N–H and O–H groups in total. The van der Waals surface area contributed by atoms with Crippen molar-refractivity contribution >= 4 is 5.78 Å². The highest BCUT2D eigenvalue weighted by Crippen LogP contribution is 2.55. The summed E-state index contributed by atoms with van der Waals surface area (Å²) in [6.45, 7) is 2.13. The van der Waals surface area contributed by atoms with Crippen LogP contribution in [-0.2, 0) is 22.2 Å². The van der Waals surface area contributed by atoms with Crippen molar-refractivity contribution in [2.24, 2.45) is 5.92 Å². The lowest BCUT2D eigenvalue weighted by molar-refractivity contribution is -0.150. The average Bonchev–Trinajstić information content (AvgIpc) is 2.63. The summed E-state index contributed by atoms with van der Waals surface area (Å²) in [5.41, 5.74) is 1.45. The number of aryl methyl sites for hydroxylation is 1. The number of hydrogen-bond donors (Lipinski definition) is 2. The van der Waals surface area contributed by atoms with Crippen LogP contribution in [0.15, 0.2) is 48.5 Å². The van der Waals surface area contributed by atoms with E-state index in [1.165, 1.54) is 5.56 Å². The Kier molecular flexibility index (Phi) is 3.73. The molecule has 25 heavy (non-hydrogen) atoms. The number of phenols is 1. The van der Waals surface area contributed by atoms with Crippen LogP contribution >= 0.6 is 0 Å². The molecule has 1 fully saturated rings. The highest BCUT2D eigenvalue weighted by atomic mass is 16.3. The lowest BCUT2D eigenvalue weighted by atomic mass is 9.52. The Morgan fingerprint density at radius 2 is 1.92 bits per heavy atom. The molecular formula is C22H24O3. The van der Waals surface area contributed by atoms with Gasteiger partial charge in [-0.3, -0.25) is 4.79 Å². The molecule has 0 spiro atoms. The van der Waals surface area contributed by atoms with E-state index in [0.29, 0.717) is 18.4 Å². The number of rotatable bonds is 2. The van der Waals surface area contributed by atoms with Gasteiger partial charge in [-0.2, -0.15) is 0 Å². The quantitative estimate of drug-likeness (QED) is 0.876. The summed E-state index contributed by atoms with van der Waals surface area (Å²) < 4.78 is 0. The van der Waals surface area contributed by atoms with Crippen LogP contribution in [0, 0.1) is 5.92 Å². The number of phenolic OH excluding ortho intramolecular Hbond substituents is 1. The standard InChI is InChI=1S/C22H24O3/c1-2-21-14-20(24)22(25,16-6-4-3-5-7-16)13-17(21)9-8-15-12-18(23)10-11-19(15)21/h3-7,10-12,17,23,25H,2,8-9,13-14H2,1H3. The summed E-state index contributed by atoms with van der Waals surface area (Å²) in [7, 11) is 0. The van der Waals surface area contributed by atoms with E-state index in [-0.39, 0.29) is 22.9 Å². The molecule has 0 saturated heterocycles. The van der Waals surface area contributed by atoms with E-state index in [4.69, 9.17) is 0 Å². The van der Waals surface area contributed by atoms with Crippen molar-refractivity contribution in [3.05, 3.63) is 65.2 Å². The van der Waals surface area contributed by atoms with E-state index in [1.54, 1.807) is 6.07 Å². The van der Waals surface area contributed by atoms with Gasteiger partial charge in [0.2, 0.25) is 0 Å². The van der Waals surface area contributed by atoms with Crippen molar-refractivity contribution < 1.29 is 15.0 Å². The van der Waals surface area contributed by atoms with Crippen LogP contribution < -0.4 is 0 Å². The number of carbonyl (C=O) groups is 1.